The Bertz CT molecular complexity index is 948. The van der Waals surface area contributed by atoms with Crippen LogP contribution in [0.4, 0.5) is 0 Å². The van der Waals surface area contributed by atoms with Crippen LogP contribution < -0.4 is 9.47 Å². The van der Waals surface area contributed by atoms with Gasteiger partial charge in [-0.05, 0) is 42.2 Å². The average Bonchev–Trinajstić information content (AvgIpc) is 3.27. The van der Waals surface area contributed by atoms with Gasteiger partial charge in [0.25, 0.3) is 11.8 Å². The highest BCUT2D eigenvalue weighted by Crippen LogP contribution is 2.33. The summed E-state index contributed by atoms with van der Waals surface area (Å²) in [6.45, 7) is 4.02. The SMILES string of the molecule is CC(C)C[C@H](C(=O)OCc1ccc2c(c1)OCO2)N1C(=O)c2ccccc2C1=O. The molecule has 0 N–H and O–H groups in total. The lowest BCUT2D eigenvalue weighted by atomic mass is 10.0. The Morgan fingerprint density at radius 3 is 2.34 bits per heavy atom. The Morgan fingerprint density at radius 1 is 1.03 bits per heavy atom. The lowest BCUT2D eigenvalue weighted by molar-refractivity contribution is -0.150. The minimum atomic E-state index is -0.976. The van der Waals surface area contributed by atoms with Crippen LogP contribution in [0.15, 0.2) is 42.5 Å². The molecule has 2 aromatic rings. The molecule has 7 nitrogen and oxygen atoms in total. The molecule has 2 aliphatic rings. The fraction of sp³-hybridized carbons (Fsp3) is 0.318. The lowest BCUT2D eigenvalue weighted by Gasteiger charge is -2.26. The quantitative estimate of drug-likeness (QED) is 0.552. The van der Waals surface area contributed by atoms with Crippen molar-refractivity contribution in [3.05, 3.63) is 59.2 Å². The number of carbonyl (C=O) groups is 3. The van der Waals surface area contributed by atoms with Crippen molar-refractivity contribution in [1.29, 1.82) is 0 Å². The van der Waals surface area contributed by atoms with E-state index in [1.165, 1.54) is 0 Å². The standard InChI is InChI=1S/C22H21NO6/c1-13(2)9-17(23-20(24)15-5-3-4-6-16(15)21(23)25)22(26)27-11-14-7-8-18-19(10-14)29-12-28-18/h3-8,10,13,17H,9,11-12H2,1-2H3/t17-/m1/s1. The van der Waals surface area contributed by atoms with E-state index in [0.29, 0.717) is 29.0 Å². The Kier molecular flexibility index (Phi) is 4.96. The number of nitrogens with zero attached hydrogens (tertiary/aromatic N) is 1. The molecule has 0 spiro atoms. The molecule has 0 unspecified atom stereocenters. The summed E-state index contributed by atoms with van der Waals surface area (Å²) in [6, 6.07) is 10.9. The molecule has 0 saturated carbocycles. The summed E-state index contributed by atoms with van der Waals surface area (Å²) in [6.07, 6.45) is 0.325. The number of hydrogen-bond acceptors (Lipinski definition) is 6. The van der Waals surface area contributed by atoms with Gasteiger partial charge in [0, 0.05) is 0 Å². The van der Waals surface area contributed by atoms with Gasteiger partial charge in [-0.3, -0.25) is 14.5 Å². The number of ether oxygens (including phenoxy) is 3. The third-order valence-corrected chi connectivity index (χ3v) is 4.92. The minimum absolute atomic E-state index is 0.00718. The van der Waals surface area contributed by atoms with E-state index >= 15 is 0 Å². The van der Waals surface area contributed by atoms with Gasteiger partial charge < -0.3 is 14.2 Å². The molecule has 7 heteroatoms. The molecule has 2 aliphatic heterocycles. The first-order valence-corrected chi connectivity index (χ1v) is 9.47. The molecule has 0 aromatic heterocycles. The molecule has 0 aliphatic carbocycles. The third-order valence-electron chi connectivity index (χ3n) is 4.92. The number of fused-ring (bicyclic) bond motifs is 2. The number of carbonyl (C=O) groups excluding carboxylic acids is 3. The number of amides is 2. The van der Waals surface area contributed by atoms with Crippen molar-refractivity contribution in [1.82, 2.24) is 4.90 Å². The van der Waals surface area contributed by atoms with E-state index in [2.05, 4.69) is 0 Å². The van der Waals surface area contributed by atoms with Crippen LogP contribution in [0.5, 0.6) is 11.5 Å². The summed E-state index contributed by atoms with van der Waals surface area (Å²) in [5, 5.41) is 0. The van der Waals surface area contributed by atoms with Crippen LogP contribution in [0.3, 0.4) is 0 Å². The van der Waals surface area contributed by atoms with Crippen LogP contribution >= 0.6 is 0 Å². The maximum absolute atomic E-state index is 12.9. The smallest absolute Gasteiger partial charge is 0.329 e. The Hall–Kier alpha value is -3.35. The van der Waals surface area contributed by atoms with Gasteiger partial charge in [0.2, 0.25) is 6.79 Å². The van der Waals surface area contributed by atoms with Crippen molar-refractivity contribution < 1.29 is 28.6 Å². The van der Waals surface area contributed by atoms with E-state index in [1.54, 1.807) is 42.5 Å². The van der Waals surface area contributed by atoms with Gasteiger partial charge in [-0.15, -0.1) is 0 Å². The maximum atomic E-state index is 12.9. The van der Waals surface area contributed by atoms with E-state index in [4.69, 9.17) is 14.2 Å². The third kappa shape index (κ3) is 3.55. The monoisotopic (exact) mass is 395 g/mol. The van der Waals surface area contributed by atoms with Crippen molar-refractivity contribution in [2.45, 2.75) is 32.9 Å². The summed E-state index contributed by atoms with van der Waals surface area (Å²) in [5.74, 6) is -0.206. The van der Waals surface area contributed by atoms with Crippen molar-refractivity contribution in [3.8, 4) is 11.5 Å². The number of imide groups is 1. The molecular formula is C22H21NO6. The Balaban J connectivity index is 1.52. The van der Waals surface area contributed by atoms with Gasteiger partial charge in [0.05, 0.1) is 11.1 Å². The van der Waals surface area contributed by atoms with E-state index < -0.39 is 23.8 Å². The van der Waals surface area contributed by atoms with Gasteiger partial charge in [0.1, 0.15) is 12.6 Å². The molecule has 29 heavy (non-hydrogen) atoms. The van der Waals surface area contributed by atoms with E-state index in [-0.39, 0.29) is 19.3 Å². The second kappa shape index (κ2) is 7.58. The van der Waals surface area contributed by atoms with Gasteiger partial charge in [0.15, 0.2) is 11.5 Å². The zero-order valence-electron chi connectivity index (χ0n) is 16.2. The van der Waals surface area contributed by atoms with Crippen LogP contribution in [-0.2, 0) is 16.1 Å². The van der Waals surface area contributed by atoms with Gasteiger partial charge in [-0.25, -0.2) is 4.79 Å². The zero-order valence-corrected chi connectivity index (χ0v) is 16.2. The molecule has 2 heterocycles. The first-order chi connectivity index (χ1) is 14.0. The zero-order chi connectivity index (χ0) is 20.5. The van der Waals surface area contributed by atoms with Crippen LogP contribution in [0.1, 0.15) is 46.5 Å². The summed E-state index contributed by atoms with van der Waals surface area (Å²) in [4.78, 5) is 39.5. The van der Waals surface area contributed by atoms with Gasteiger partial charge >= 0.3 is 5.97 Å². The first-order valence-electron chi connectivity index (χ1n) is 9.47. The van der Waals surface area contributed by atoms with Crippen LogP contribution in [0.25, 0.3) is 0 Å². The normalized spacial score (nSPS) is 15.6. The number of esters is 1. The topological polar surface area (TPSA) is 82.1 Å². The Morgan fingerprint density at radius 2 is 1.69 bits per heavy atom. The van der Waals surface area contributed by atoms with E-state index in [0.717, 1.165) is 10.5 Å². The molecule has 2 amide bonds. The molecule has 0 fully saturated rings. The molecule has 1 atom stereocenters. The second-order valence-corrected chi connectivity index (χ2v) is 7.47. The largest absolute Gasteiger partial charge is 0.459 e. The van der Waals surface area contributed by atoms with E-state index in [9.17, 15) is 14.4 Å². The minimum Gasteiger partial charge on any atom is -0.459 e. The van der Waals surface area contributed by atoms with Crippen molar-refractivity contribution in [2.75, 3.05) is 6.79 Å². The predicted molar refractivity (Wildman–Crippen MR) is 103 cm³/mol. The number of hydrogen-bond donors (Lipinski definition) is 0. The summed E-state index contributed by atoms with van der Waals surface area (Å²) in [7, 11) is 0. The van der Waals surface area contributed by atoms with Crippen LogP contribution in [0.2, 0.25) is 0 Å². The highest BCUT2D eigenvalue weighted by atomic mass is 16.7. The number of benzene rings is 2. The molecule has 0 radical (unpaired) electrons. The molecule has 150 valence electrons. The Labute approximate surface area is 168 Å². The lowest BCUT2D eigenvalue weighted by Crippen LogP contribution is -2.46. The highest BCUT2D eigenvalue weighted by molar-refractivity contribution is 6.22. The number of rotatable bonds is 6. The van der Waals surface area contributed by atoms with E-state index in [1.807, 2.05) is 13.8 Å². The molecule has 0 bridgehead atoms. The molecular weight excluding hydrogens is 374 g/mol. The maximum Gasteiger partial charge on any atom is 0.329 e. The molecule has 0 saturated heterocycles. The summed E-state index contributed by atoms with van der Waals surface area (Å²) in [5.41, 5.74) is 1.36. The summed E-state index contributed by atoms with van der Waals surface area (Å²) >= 11 is 0. The van der Waals surface area contributed by atoms with Gasteiger partial charge in [-0.2, -0.15) is 0 Å². The highest BCUT2D eigenvalue weighted by Gasteiger charge is 2.43. The van der Waals surface area contributed by atoms with Crippen LogP contribution in [-0.4, -0.2) is 35.5 Å². The van der Waals surface area contributed by atoms with Crippen molar-refractivity contribution in [3.63, 3.8) is 0 Å². The fourth-order valence-corrected chi connectivity index (χ4v) is 3.53. The fourth-order valence-electron chi connectivity index (χ4n) is 3.53. The second-order valence-electron chi connectivity index (χ2n) is 7.47. The first kappa shape index (κ1) is 19.0. The predicted octanol–water partition coefficient (Wildman–Crippen LogP) is 3.17. The molecule has 4 rings (SSSR count). The molecule has 2 aromatic carbocycles. The summed E-state index contributed by atoms with van der Waals surface area (Å²) < 4.78 is 16.1. The van der Waals surface area contributed by atoms with Gasteiger partial charge in [-0.1, -0.05) is 32.0 Å². The van der Waals surface area contributed by atoms with Crippen LogP contribution in [0, 0.1) is 5.92 Å². The van der Waals surface area contributed by atoms with Crippen molar-refractivity contribution >= 4 is 17.8 Å². The average molecular weight is 395 g/mol. The van der Waals surface area contributed by atoms with Crippen molar-refractivity contribution in [2.24, 2.45) is 5.92 Å².